The number of hydrogen-bond acceptors (Lipinski definition) is 8. The topological polar surface area (TPSA) is 76.5 Å². The SMILES string of the molecule is CN(C)c1nccc(CC2CCC(Oc3cc(N4CCOCC4)cc4nccnc34)CC2)n1. The van der Waals surface area contributed by atoms with Gasteiger partial charge in [0.1, 0.15) is 11.3 Å². The van der Waals surface area contributed by atoms with E-state index >= 15 is 0 Å². The van der Waals surface area contributed by atoms with Crippen LogP contribution in [0.5, 0.6) is 5.75 Å². The normalized spacial score (nSPS) is 21.2. The maximum Gasteiger partial charge on any atom is 0.224 e. The van der Waals surface area contributed by atoms with Gasteiger partial charge in [0.25, 0.3) is 0 Å². The molecule has 0 bridgehead atoms. The largest absolute Gasteiger partial charge is 0.488 e. The van der Waals surface area contributed by atoms with Crippen molar-refractivity contribution in [1.29, 1.82) is 0 Å². The molecule has 0 amide bonds. The number of morpholine rings is 1. The minimum Gasteiger partial charge on any atom is -0.488 e. The molecule has 0 unspecified atom stereocenters. The number of ether oxygens (including phenoxy) is 2. The molecule has 0 radical (unpaired) electrons. The van der Waals surface area contributed by atoms with Crippen molar-refractivity contribution in [2.45, 2.75) is 38.2 Å². The van der Waals surface area contributed by atoms with Crippen molar-refractivity contribution in [2.75, 3.05) is 50.2 Å². The summed E-state index contributed by atoms with van der Waals surface area (Å²) in [5, 5.41) is 0. The van der Waals surface area contributed by atoms with Crippen LogP contribution in [0.15, 0.2) is 36.8 Å². The van der Waals surface area contributed by atoms with Crippen LogP contribution in [0, 0.1) is 5.92 Å². The van der Waals surface area contributed by atoms with E-state index in [1.54, 1.807) is 12.4 Å². The predicted octanol–water partition coefficient (Wildman–Crippen LogP) is 3.50. The summed E-state index contributed by atoms with van der Waals surface area (Å²) < 4.78 is 12.1. The molecule has 0 N–H and O–H groups in total. The summed E-state index contributed by atoms with van der Waals surface area (Å²) in [4.78, 5) is 22.4. The minimum atomic E-state index is 0.203. The van der Waals surface area contributed by atoms with E-state index in [-0.39, 0.29) is 6.10 Å². The van der Waals surface area contributed by atoms with Gasteiger partial charge in [-0.3, -0.25) is 4.98 Å². The second-order valence-corrected chi connectivity index (χ2v) is 9.17. The number of fused-ring (bicyclic) bond motifs is 1. The summed E-state index contributed by atoms with van der Waals surface area (Å²) in [6.07, 6.45) is 10.9. The summed E-state index contributed by atoms with van der Waals surface area (Å²) in [5.74, 6) is 2.25. The fourth-order valence-corrected chi connectivity index (χ4v) is 4.77. The molecule has 1 saturated carbocycles. The molecule has 2 fully saturated rings. The highest BCUT2D eigenvalue weighted by Crippen LogP contribution is 2.34. The third-order valence-corrected chi connectivity index (χ3v) is 6.59. The van der Waals surface area contributed by atoms with Crippen molar-refractivity contribution in [3.05, 3.63) is 42.5 Å². The molecule has 5 rings (SSSR count). The maximum absolute atomic E-state index is 6.56. The first-order chi connectivity index (χ1) is 16.2. The summed E-state index contributed by atoms with van der Waals surface area (Å²) in [6, 6.07) is 6.29. The molecule has 0 spiro atoms. The molecule has 174 valence electrons. The van der Waals surface area contributed by atoms with Gasteiger partial charge in [0.05, 0.1) is 24.8 Å². The first-order valence-corrected chi connectivity index (χ1v) is 11.9. The van der Waals surface area contributed by atoms with E-state index in [2.05, 4.69) is 32.0 Å². The third-order valence-electron chi connectivity index (χ3n) is 6.59. The van der Waals surface area contributed by atoms with Crippen molar-refractivity contribution in [3.63, 3.8) is 0 Å². The number of anilines is 2. The van der Waals surface area contributed by atoms with Gasteiger partial charge in [0.2, 0.25) is 5.95 Å². The summed E-state index contributed by atoms with van der Waals surface area (Å²) in [5.41, 5.74) is 3.98. The van der Waals surface area contributed by atoms with Crippen LogP contribution in [0.1, 0.15) is 31.4 Å². The first kappa shape index (κ1) is 21.8. The monoisotopic (exact) mass is 448 g/mol. The molecule has 2 aromatic heterocycles. The standard InChI is InChI=1S/C25H32N6O2/c1-30(2)25-28-8-7-19(29-25)15-18-3-5-21(6-4-18)33-23-17-20(31-11-13-32-14-12-31)16-22-24(23)27-10-9-26-22/h7-10,16-18,21H,3-6,11-15H2,1-2H3. The molecular weight excluding hydrogens is 416 g/mol. The van der Waals surface area contributed by atoms with E-state index < -0.39 is 0 Å². The number of benzene rings is 1. The Morgan fingerprint density at radius 3 is 2.58 bits per heavy atom. The zero-order valence-electron chi connectivity index (χ0n) is 19.5. The molecule has 3 aromatic rings. The van der Waals surface area contributed by atoms with Crippen LogP contribution in [-0.4, -0.2) is 66.4 Å². The lowest BCUT2D eigenvalue weighted by atomic mass is 9.84. The number of rotatable bonds is 6. The second kappa shape index (κ2) is 9.87. The average molecular weight is 449 g/mol. The van der Waals surface area contributed by atoms with Gasteiger partial charge in [-0.2, -0.15) is 0 Å². The molecule has 1 aliphatic carbocycles. The lowest BCUT2D eigenvalue weighted by Gasteiger charge is -2.31. The van der Waals surface area contributed by atoms with Crippen LogP contribution in [0.25, 0.3) is 11.0 Å². The third kappa shape index (κ3) is 5.16. The highest BCUT2D eigenvalue weighted by atomic mass is 16.5. The van der Waals surface area contributed by atoms with Crippen molar-refractivity contribution >= 4 is 22.7 Å². The number of aromatic nitrogens is 4. The Labute approximate surface area is 195 Å². The Bertz CT molecular complexity index is 1080. The van der Waals surface area contributed by atoms with E-state index in [0.717, 1.165) is 92.5 Å². The van der Waals surface area contributed by atoms with Gasteiger partial charge < -0.3 is 19.3 Å². The summed E-state index contributed by atoms with van der Waals surface area (Å²) in [7, 11) is 3.95. The van der Waals surface area contributed by atoms with Crippen LogP contribution < -0.4 is 14.5 Å². The van der Waals surface area contributed by atoms with Gasteiger partial charge in [-0.1, -0.05) is 0 Å². The molecule has 8 nitrogen and oxygen atoms in total. The second-order valence-electron chi connectivity index (χ2n) is 9.17. The van der Waals surface area contributed by atoms with Crippen LogP contribution >= 0.6 is 0 Å². The number of nitrogens with zero attached hydrogens (tertiary/aromatic N) is 6. The fraction of sp³-hybridized carbons (Fsp3) is 0.520. The Kier molecular flexibility index (Phi) is 6.53. The van der Waals surface area contributed by atoms with Crippen molar-refractivity contribution in [1.82, 2.24) is 19.9 Å². The molecule has 1 aliphatic heterocycles. The molecule has 3 heterocycles. The van der Waals surface area contributed by atoms with Gasteiger partial charge in [0.15, 0.2) is 0 Å². The van der Waals surface area contributed by atoms with Crippen LogP contribution in [0.3, 0.4) is 0 Å². The van der Waals surface area contributed by atoms with E-state index in [4.69, 9.17) is 14.5 Å². The van der Waals surface area contributed by atoms with Gasteiger partial charge in [-0.25, -0.2) is 15.0 Å². The highest BCUT2D eigenvalue weighted by Gasteiger charge is 2.25. The van der Waals surface area contributed by atoms with Crippen molar-refractivity contribution in [3.8, 4) is 5.75 Å². The Balaban J connectivity index is 1.26. The van der Waals surface area contributed by atoms with Crippen molar-refractivity contribution in [2.24, 2.45) is 5.92 Å². The lowest BCUT2D eigenvalue weighted by molar-refractivity contribution is 0.122. The molecule has 2 aliphatic rings. The highest BCUT2D eigenvalue weighted by molar-refractivity contribution is 5.85. The van der Waals surface area contributed by atoms with Gasteiger partial charge in [0, 0.05) is 63.2 Å². The van der Waals surface area contributed by atoms with E-state index in [9.17, 15) is 0 Å². The zero-order valence-corrected chi connectivity index (χ0v) is 19.5. The predicted molar refractivity (Wildman–Crippen MR) is 129 cm³/mol. The Morgan fingerprint density at radius 1 is 1.00 bits per heavy atom. The van der Waals surface area contributed by atoms with Crippen LogP contribution in [0.2, 0.25) is 0 Å². The summed E-state index contributed by atoms with van der Waals surface area (Å²) >= 11 is 0. The lowest BCUT2D eigenvalue weighted by Crippen LogP contribution is -2.36. The van der Waals surface area contributed by atoms with Gasteiger partial charge in [-0.05, 0) is 50.2 Å². The molecular formula is C25H32N6O2. The minimum absolute atomic E-state index is 0.203. The van der Waals surface area contributed by atoms with Crippen LogP contribution in [0.4, 0.5) is 11.6 Å². The molecule has 0 atom stereocenters. The molecule has 33 heavy (non-hydrogen) atoms. The Hall–Kier alpha value is -3.00. The average Bonchev–Trinajstić information content (AvgIpc) is 2.86. The van der Waals surface area contributed by atoms with E-state index in [0.29, 0.717) is 5.92 Å². The quantitative estimate of drug-likeness (QED) is 0.567. The zero-order chi connectivity index (χ0) is 22.6. The fourth-order valence-electron chi connectivity index (χ4n) is 4.77. The van der Waals surface area contributed by atoms with E-state index in [1.165, 1.54) is 0 Å². The smallest absolute Gasteiger partial charge is 0.224 e. The Morgan fingerprint density at radius 2 is 1.79 bits per heavy atom. The first-order valence-electron chi connectivity index (χ1n) is 11.9. The van der Waals surface area contributed by atoms with Crippen molar-refractivity contribution < 1.29 is 9.47 Å². The molecule has 1 saturated heterocycles. The van der Waals surface area contributed by atoms with Gasteiger partial charge in [-0.15, -0.1) is 0 Å². The van der Waals surface area contributed by atoms with Gasteiger partial charge >= 0.3 is 0 Å². The molecule has 8 heteroatoms. The summed E-state index contributed by atoms with van der Waals surface area (Å²) in [6.45, 7) is 3.27. The number of hydrogen-bond donors (Lipinski definition) is 0. The van der Waals surface area contributed by atoms with Crippen LogP contribution in [-0.2, 0) is 11.2 Å². The molecule has 1 aromatic carbocycles. The maximum atomic E-state index is 6.56. The van der Waals surface area contributed by atoms with E-state index in [1.807, 2.05) is 31.3 Å².